The quantitative estimate of drug-likeness (QED) is 0.376. The number of nitrogens with zero attached hydrogens (tertiary/aromatic N) is 3. The molecule has 1 aromatic heterocycles. The predicted octanol–water partition coefficient (Wildman–Crippen LogP) is 5.46. The predicted molar refractivity (Wildman–Crippen MR) is 131 cm³/mol. The van der Waals surface area contributed by atoms with E-state index in [1.165, 1.54) is 11.3 Å². The lowest BCUT2D eigenvalue weighted by Crippen LogP contribution is -2.36. The number of carbonyl (C=O) groups excluding carboxylic acids is 1. The monoisotopic (exact) mass is 485 g/mol. The van der Waals surface area contributed by atoms with Crippen LogP contribution in [0.5, 0.6) is 5.75 Å². The number of aromatic nitrogens is 1. The van der Waals surface area contributed by atoms with Crippen molar-refractivity contribution in [3.63, 3.8) is 0 Å². The minimum absolute atomic E-state index is 0. The van der Waals surface area contributed by atoms with Crippen LogP contribution in [0.25, 0.3) is 10.2 Å². The molecule has 1 amide bonds. The van der Waals surface area contributed by atoms with E-state index in [1.54, 1.807) is 23.8 Å². The lowest BCUT2D eigenvalue weighted by molar-refractivity contribution is -0.118. The summed E-state index contributed by atoms with van der Waals surface area (Å²) in [4.78, 5) is 22.7. The molecular formula is C21H25Cl2N3O2S2. The Hall–Kier alpha value is -1.51. The van der Waals surface area contributed by atoms with Crippen LogP contribution in [0.15, 0.2) is 47.4 Å². The van der Waals surface area contributed by atoms with Crippen LogP contribution in [0, 0.1) is 0 Å². The molecule has 0 unspecified atom stereocenters. The maximum absolute atomic E-state index is 13.0. The van der Waals surface area contributed by atoms with Crippen LogP contribution >= 0.6 is 47.1 Å². The van der Waals surface area contributed by atoms with E-state index < -0.39 is 0 Å². The van der Waals surface area contributed by atoms with E-state index in [-0.39, 0.29) is 18.3 Å². The Kier molecular flexibility index (Phi) is 9.71. The molecule has 0 aliphatic carbocycles. The van der Waals surface area contributed by atoms with Gasteiger partial charge < -0.3 is 9.64 Å². The van der Waals surface area contributed by atoms with Gasteiger partial charge in [0.25, 0.3) is 0 Å². The number of hydrogen-bond acceptors (Lipinski definition) is 6. The summed E-state index contributed by atoms with van der Waals surface area (Å²) in [6.45, 7) is 1.38. The Morgan fingerprint density at radius 3 is 2.57 bits per heavy atom. The molecule has 0 fully saturated rings. The number of fused-ring (bicyclic) bond motifs is 1. The Morgan fingerprint density at radius 1 is 1.17 bits per heavy atom. The fourth-order valence-corrected chi connectivity index (χ4v) is 4.82. The highest BCUT2D eigenvalue weighted by Gasteiger charge is 2.20. The second-order valence-electron chi connectivity index (χ2n) is 6.73. The van der Waals surface area contributed by atoms with Crippen LogP contribution < -0.4 is 9.64 Å². The van der Waals surface area contributed by atoms with Crippen LogP contribution in [-0.2, 0) is 4.79 Å². The fraction of sp³-hybridized carbons (Fsp3) is 0.333. The third-order valence-electron chi connectivity index (χ3n) is 4.29. The number of carbonyl (C=O) groups is 1. The van der Waals surface area contributed by atoms with E-state index in [9.17, 15) is 4.79 Å². The van der Waals surface area contributed by atoms with Crippen LogP contribution in [0.3, 0.4) is 0 Å². The van der Waals surface area contributed by atoms with Crippen LogP contribution in [-0.4, -0.2) is 55.8 Å². The molecule has 0 aliphatic rings. The molecule has 2 aromatic carbocycles. The van der Waals surface area contributed by atoms with E-state index >= 15 is 0 Å². The molecule has 30 heavy (non-hydrogen) atoms. The Balaban J connectivity index is 0.00000320. The zero-order valence-corrected chi connectivity index (χ0v) is 20.3. The van der Waals surface area contributed by atoms with E-state index in [4.69, 9.17) is 16.3 Å². The average Bonchev–Trinajstić information content (AvgIpc) is 3.11. The average molecular weight is 486 g/mol. The molecule has 0 atom stereocenters. The number of rotatable bonds is 9. The summed E-state index contributed by atoms with van der Waals surface area (Å²) in [6, 6.07) is 13.5. The van der Waals surface area contributed by atoms with Gasteiger partial charge in [0.2, 0.25) is 5.91 Å². The minimum Gasteiger partial charge on any atom is -0.497 e. The number of methoxy groups -OCH3 is 1. The second-order valence-corrected chi connectivity index (χ2v) is 9.34. The van der Waals surface area contributed by atoms with Gasteiger partial charge in [0, 0.05) is 35.2 Å². The van der Waals surface area contributed by atoms with Crippen LogP contribution in [0.4, 0.5) is 5.13 Å². The molecule has 0 saturated carbocycles. The summed E-state index contributed by atoms with van der Waals surface area (Å²) in [7, 11) is 5.65. The van der Waals surface area contributed by atoms with Crippen LogP contribution in [0.1, 0.15) is 6.42 Å². The minimum atomic E-state index is 0. The normalized spacial score (nSPS) is 10.8. The first-order valence-corrected chi connectivity index (χ1v) is 11.4. The smallest absolute Gasteiger partial charge is 0.229 e. The number of amides is 1. The molecule has 5 nitrogen and oxygen atoms in total. The van der Waals surface area contributed by atoms with Crippen molar-refractivity contribution in [1.29, 1.82) is 0 Å². The van der Waals surface area contributed by atoms with E-state index in [0.717, 1.165) is 32.5 Å². The first kappa shape index (κ1) is 24.8. The van der Waals surface area contributed by atoms with Crippen molar-refractivity contribution in [1.82, 2.24) is 9.88 Å². The summed E-state index contributed by atoms with van der Waals surface area (Å²) in [5.41, 5.74) is 0.865. The number of hydrogen-bond donors (Lipinski definition) is 0. The molecule has 0 spiro atoms. The summed E-state index contributed by atoms with van der Waals surface area (Å²) in [6.07, 6.45) is 0.445. The van der Waals surface area contributed by atoms with Gasteiger partial charge in [0.1, 0.15) is 5.75 Å². The summed E-state index contributed by atoms with van der Waals surface area (Å²) in [5.74, 6) is 1.62. The highest BCUT2D eigenvalue weighted by Crippen LogP contribution is 2.31. The van der Waals surface area contributed by atoms with Gasteiger partial charge in [0.05, 0.1) is 17.3 Å². The molecule has 3 rings (SSSR count). The van der Waals surface area contributed by atoms with Gasteiger partial charge in [-0.3, -0.25) is 9.69 Å². The van der Waals surface area contributed by atoms with Crippen molar-refractivity contribution < 1.29 is 9.53 Å². The maximum atomic E-state index is 13.0. The van der Waals surface area contributed by atoms with E-state index in [1.807, 2.05) is 56.6 Å². The standard InChI is InChI=1S/C21H24ClN3O2S2.ClH/c1-24(2)11-12-25(21-23-18-9-4-15(22)14-19(18)29-21)20(26)10-13-28-17-7-5-16(27-3)6-8-17;/h4-9,14H,10-13H2,1-3H3;1H. The number of halogens is 2. The third-order valence-corrected chi connectivity index (χ3v) is 6.58. The SMILES string of the molecule is COc1ccc(SCCC(=O)N(CCN(C)C)c2nc3ccc(Cl)cc3s2)cc1.Cl. The van der Waals surface area contributed by atoms with Crippen molar-refractivity contribution in [2.24, 2.45) is 0 Å². The molecule has 0 aliphatic heterocycles. The first-order valence-electron chi connectivity index (χ1n) is 9.24. The van der Waals surface area contributed by atoms with Gasteiger partial charge in [-0.15, -0.1) is 24.2 Å². The third kappa shape index (κ3) is 6.75. The van der Waals surface area contributed by atoms with Crippen molar-refractivity contribution in [2.75, 3.05) is 44.9 Å². The molecular weight excluding hydrogens is 461 g/mol. The first-order chi connectivity index (χ1) is 14.0. The van der Waals surface area contributed by atoms with Crippen LogP contribution in [0.2, 0.25) is 5.02 Å². The van der Waals surface area contributed by atoms with Gasteiger partial charge in [0.15, 0.2) is 5.13 Å². The molecule has 162 valence electrons. The summed E-state index contributed by atoms with van der Waals surface area (Å²) >= 11 is 9.27. The van der Waals surface area contributed by atoms with E-state index in [0.29, 0.717) is 23.7 Å². The van der Waals surface area contributed by atoms with Gasteiger partial charge in [-0.25, -0.2) is 4.98 Å². The highest BCUT2D eigenvalue weighted by molar-refractivity contribution is 7.99. The number of ether oxygens (including phenoxy) is 1. The number of benzene rings is 2. The second kappa shape index (κ2) is 11.8. The molecule has 0 N–H and O–H groups in total. The number of likely N-dealkylation sites (N-methyl/N-ethyl adjacent to an activating group) is 1. The zero-order valence-electron chi connectivity index (χ0n) is 17.1. The molecule has 9 heteroatoms. The molecule has 3 aromatic rings. The lowest BCUT2D eigenvalue weighted by atomic mass is 10.3. The Labute approximate surface area is 196 Å². The van der Waals surface area contributed by atoms with Gasteiger partial charge >= 0.3 is 0 Å². The Morgan fingerprint density at radius 2 is 1.90 bits per heavy atom. The van der Waals surface area contributed by atoms with Crippen molar-refractivity contribution in [3.05, 3.63) is 47.5 Å². The highest BCUT2D eigenvalue weighted by atomic mass is 35.5. The lowest BCUT2D eigenvalue weighted by Gasteiger charge is -2.22. The molecule has 0 radical (unpaired) electrons. The summed E-state index contributed by atoms with van der Waals surface area (Å²) < 4.78 is 6.17. The number of anilines is 1. The molecule has 0 saturated heterocycles. The Bertz CT molecular complexity index is 965. The van der Waals surface area contributed by atoms with Crippen molar-refractivity contribution in [3.8, 4) is 5.75 Å². The number of thioether (sulfide) groups is 1. The van der Waals surface area contributed by atoms with Gasteiger partial charge in [-0.05, 0) is 56.6 Å². The molecule has 0 bridgehead atoms. The zero-order chi connectivity index (χ0) is 20.8. The largest absolute Gasteiger partial charge is 0.497 e. The van der Waals surface area contributed by atoms with Gasteiger partial charge in [-0.2, -0.15) is 0 Å². The molecule has 1 heterocycles. The maximum Gasteiger partial charge on any atom is 0.229 e. The van der Waals surface area contributed by atoms with E-state index in [2.05, 4.69) is 9.88 Å². The summed E-state index contributed by atoms with van der Waals surface area (Å²) in [5, 5.41) is 1.40. The topological polar surface area (TPSA) is 45.7 Å². The number of thiazole rings is 1. The van der Waals surface area contributed by atoms with Crippen molar-refractivity contribution in [2.45, 2.75) is 11.3 Å². The fourth-order valence-electron chi connectivity index (χ4n) is 2.69. The van der Waals surface area contributed by atoms with Crippen molar-refractivity contribution >= 4 is 68.4 Å². The van der Waals surface area contributed by atoms with Gasteiger partial charge in [-0.1, -0.05) is 22.9 Å².